The summed E-state index contributed by atoms with van der Waals surface area (Å²) in [5.74, 6) is 1.92. The molecule has 3 heteroatoms. The Morgan fingerprint density at radius 3 is 2.76 bits per heavy atom. The molecule has 3 rings (SSSR count). The van der Waals surface area contributed by atoms with Crippen molar-refractivity contribution < 1.29 is 9.47 Å². The summed E-state index contributed by atoms with van der Waals surface area (Å²) in [6.07, 6.45) is 0.999. The van der Waals surface area contributed by atoms with Crippen molar-refractivity contribution >= 4 is 0 Å². The lowest BCUT2D eigenvalue weighted by Gasteiger charge is -2.23. The molecule has 0 saturated carbocycles. The van der Waals surface area contributed by atoms with E-state index >= 15 is 0 Å². The van der Waals surface area contributed by atoms with Gasteiger partial charge in [0.2, 0.25) is 0 Å². The first-order chi connectivity index (χ1) is 10.3. The summed E-state index contributed by atoms with van der Waals surface area (Å²) in [6.45, 7) is 2.87. The molecule has 0 saturated heterocycles. The van der Waals surface area contributed by atoms with E-state index in [1.807, 2.05) is 24.3 Å². The van der Waals surface area contributed by atoms with Gasteiger partial charge < -0.3 is 9.47 Å². The van der Waals surface area contributed by atoms with Crippen LogP contribution in [0.15, 0.2) is 48.5 Å². The van der Waals surface area contributed by atoms with E-state index in [0.717, 1.165) is 17.9 Å². The highest BCUT2D eigenvalue weighted by Crippen LogP contribution is 2.35. The average molecular weight is 283 g/mol. The lowest BCUT2D eigenvalue weighted by Crippen LogP contribution is -2.27. The number of fused-ring (bicyclic) bond motifs is 1. The molecule has 0 aliphatic carbocycles. The van der Waals surface area contributed by atoms with Crippen LogP contribution in [0.2, 0.25) is 0 Å². The van der Waals surface area contributed by atoms with Gasteiger partial charge in [-0.1, -0.05) is 43.3 Å². The smallest absolute Gasteiger partial charge is 0.124 e. The third kappa shape index (κ3) is 2.74. The quantitative estimate of drug-likeness (QED) is 0.903. The lowest BCUT2D eigenvalue weighted by molar-refractivity contribution is 0.293. The largest absolute Gasteiger partial charge is 0.496 e. The fraction of sp³-hybridized carbons (Fsp3) is 0.333. The van der Waals surface area contributed by atoms with E-state index in [1.165, 1.54) is 11.1 Å². The summed E-state index contributed by atoms with van der Waals surface area (Å²) in [6, 6.07) is 16.9. The summed E-state index contributed by atoms with van der Waals surface area (Å²) >= 11 is 0. The molecule has 2 atom stereocenters. The van der Waals surface area contributed by atoms with E-state index in [2.05, 4.69) is 36.5 Å². The molecular weight excluding hydrogens is 262 g/mol. The van der Waals surface area contributed by atoms with E-state index in [1.54, 1.807) is 7.11 Å². The third-order valence-electron chi connectivity index (χ3n) is 4.02. The van der Waals surface area contributed by atoms with Crippen molar-refractivity contribution in [2.45, 2.75) is 25.4 Å². The van der Waals surface area contributed by atoms with Gasteiger partial charge in [0, 0.05) is 17.2 Å². The minimum absolute atomic E-state index is 0.232. The van der Waals surface area contributed by atoms with Gasteiger partial charge in [-0.3, -0.25) is 5.32 Å². The molecule has 1 heterocycles. The monoisotopic (exact) mass is 283 g/mol. The lowest BCUT2D eigenvalue weighted by atomic mass is 10.0. The van der Waals surface area contributed by atoms with Gasteiger partial charge in [0.25, 0.3) is 0 Å². The first-order valence-corrected chi connectivity index (χ1v) is 7.44. The second-order valence-electron chi connectivity index (χ2n) is 5.27. The normalized spacial score (nSPS) is 17.9. The summed E-state index contributed by atoms with van der Waals surface area (Å²) in [7, 11) is 1.72. The van der Waals surface area contributed by atoms with Crippen LogP contribution in [-0.2, 0) is 0 Å². The zero-order valence-electron chi connectivity index (χ0n) is 12.5. The van der Waals surface area contributed by atoms with Crippen LogP contribution in [-0.4, -0.2) is 13.7 Å². The highest BCUT2D eigenvalue weighted by atomic mass is 16.5. The Bertz CT molecular complexity index is 612. The van der Waals surface area contributed by atoms with Gasteiger partial charge in [-0.25, -0.2) is 0 Å². The first-order valence-electron chi connectivity index (χ1n) is 7.44. The molecule has 0 aromatic heterocycles. The van der Waals surface area contributed by atoms with Gasteiger partial charge in [-0.15, -0.1) is 0 Å². The molecule has 3 nitrogen and oxygen atoms in total. The molecule has 2 unspecified atom stereocenters. The fourth-order valence-electron chi connectivity index (χ4n) is 2.93. The van der Waals surface area contributed by atoms with E-state index in [0.29, 0.717) is 6.61 Å². The van der Waals surface area contributed by atoms with Gasteiger partial charge in [0.15, 0.2) is 0 Å². The minimum Gasteiger partial charge on any atom is -0.496 e. The fourth-order valence-corrected chi connectivity index (χ4v) is 2.93. The van der Waals surface area contributed by atoms with Gasteiger partial charge in [0.05, 0.1) is 13.2 Å². The summed E-state index contributed by atoms with van der Waals surface area (Å²) in [4.78, 5) is 0. The Morgan fingerprint density at radius 1 is 1.19 bits per heavy atom. The number of nitrogens with one attached hydrogen (secondary N) is 1. The number of hydrogen-bond acceptors (Lipinski definition) is 3. The van der Waals surface area contributed by atoms with Crippen LogP contribution in [0.4, 0.5) is 0 Å². The molecule has 0 bridgehead atoms. The van der Waals surface area contributed by atoms with Crippen molar-refractivity contribution in [3.05, 3.63) is 59.7 Å². The predicted octanol–water partition coefficient (Wildman–Crippen LogP) is 3.87. The van der Waals surface area contributed by atoms with Gasteiger partial charge in [0.1, 0.15) is 18.1 Å². The van der Waals surface area contributed by atoms with Crippen LogP contribution in [0.5, 0.6) is 11.5 Å². The number of benzene rings is 2. The number of para-hydroxylation sites is 2. The predicted molar refractivity (Wildman–Crippen MR) is 83.8 cm³/mol. The van der Waals surface area contributed by atoms with E-state index in [4.69, 9.17) is 9.47 Å². The Balaban J connectivity index is 1.83. The van der Waals surface area contributed by atoms with Gasteiger partial charge in [-0.05, 0) is 18.6 Å². The highest BCUT2D eigenvalue weighted by molar-refractivity contribution is 5.40. The maximum absolute atomic E-state index is 5.76. The van der Waals surface area contributed by atoms with Gasteiger partial charge in [-0.2, -0.15) is 0 Å². The average Bonchev–Trinajstić information content (AvgIpc) is 2.95. The molecule has 2 aromatic carbocycles. The van der Waals surface area contributed by atoms with Crippen molar-refractivity contribution in [1.29, 1.82) is 0 Å². The second kappa shape index (κ2) is 6.19. The topological polar surface area (TPSA) is 30.5 Å². The SMILES string of the molecule is CCC(NC1COc2ccccc21)c1ccccc1OC. The Kier molecular flexibility index (Phi) is 4.11. The standard InChI is InChI=1S/C18H21NO2/c1-3-15(13-8-4-6-10-17(13)20-2)19-16-12-21-18-11-7-5-9-14(16)18/h4-11,15-16,19H,3,12H2,1-2H3. The Hall–Kier alpha value is -2.00. The molecule has 21 heavy (non-hydrogen) atoms. The molecule has 2 aromatic rings. The van der Waals surface area contributed by atoms with Crippen molar-refractivity contribution in [3.8, 4) is 11.5 Å². The van der Waals surface area contributed by atoms with Crippen LogP contribution in [0.25, 0.3) is 0 Å². The molecule has 0 radical (unpaired) electrons. The second-order valence-corrected chi connectivity index (χ2v) is 5.27. The number of rotatable bonds is 5. The number of methoxy groups -OCH3 is 1. The zero-order chi connectivity index (χ0) is 14.7. The summed E-state index contributed by atoms with van der Waals surface area (Å²) in [5.41, 5.74) is 2.44. The molecule has 0 spiro atoms. The van der Waals surface area contributed by atoms with Gasteiger partial charge >= 0.3 is 0 Å². The van der Waals surface area contributed by atoms with Crippen LogP contribution >= 0.6 is 0 Å². The Labute approximate surface area is 125 Å². The van der Waals surface area contributed by atoms with Crippen molar-refractivity contribution in [2.24, 2.45) is 0 Å². The van der Waals surface area contributed by atoms with Crippen LogP contribution in [0, 0.1) is 0 Å². The van der Waals surface area contributed by atoms with Crippen LogP contribution in [0.3, 0.4) is 0 Å². The first kappa shape index (κ1) is 14.0. The van der Waals surface area contributed by atoms with Crippen molar-refractivity contribution in [3.63, 3.8) is 0 Å². The molecule has 1 aliphatic rings. The van der Waals surface area contributed by atoms with E-state index < -0.39 is 0 Å². The number of ether oxygens (including phenoxy) is 2. The maximum Gasteiger partial charge on any atom is 0.124 e. The summed E-state index contributed by atoms with van der Waals surface area (Å²) < 4.78 is 11.2. The molecular formula is C18H21NO2. The van der Waals surface area contributed by atoms with E-state index in [-0.39, 0.29) is 12.1 Å². The van der Waals surface area contributed by atoms with Crippen molar-refractivity contribution in [1.82, 2.24) is 5.32 Å². The third-order valence-corrected chi connectivity index (χ3v) is 4.02. The van der Waals surface area contributed by atoms with Crippen LogP contribution < -0.4 is 14.8 Å². The number of hydrogen-bond donors (Lipinski definition) is 1. The van der Waals surface area contributed by atoms with E-state index in [9.17, 15) is 0 Å². The molecule has 1 aliphatic heterocycles. The molecule has 0 fully saturated rings. The zero-order valence-corrected chi connectivity index (χ0v) is 12.5. The molecule has 1 N–H and O–H groups in total. The Morgan fingerprint density at radius 2 is 1.95 bits per heavy atom. The highest BCUT2D eigenvalue weighted by Gasteiger charge is 2.26. The van der Waals surface area contributed by atoms with Crippen LogP contribution in [0.1, 0.15) is 36.6 Å². The molecule has 110 valence electrons. The van der Waals surface area contributed by atoms with Crippen molar-refractivity contribution in [2.75, 3.05) is 13.7 Å². The maximum atomic E-state index is 5.76. The summed E-state index contributed by atoms with van der Waals surface area (Å²) in [5, 5.41) is 3.71. The molecule has 0 amide bonds. The minimum atomic E-state index is 0.232.